The minimum absolute atomic E-state index is 0.0668. The molecule has 0 radical (unpaired) electrons. The van der Waals surface area contributed by atoms with Crippen molar-refractivity contribution in [2.24, 2.45) is 5.84 Å². The summed E-state index contributed by atoms with van der Waals surface area (Å²) in [5.41, 5.74) is 7.60. The normalized spacial score (nSPS) is 12.9. The molecule has 21 heavy (non-hydrogen) atoms. The van der Waals surface area contributed by atoms with Crippen molar-refractivity contribution in [2.45, 2.75) is 46.2 Å². The molecule has 0 aliphatic carbocycles. The SMILES string of the molecule is Cc1ccc(C)c(CC(NN)c2c(Cl)cnn2C(C)C)c1. The van der Waals surface area contributed by atoms with E-state index in [0.717, 1.165) is 12.1 Å². The Bertz CT molecular complexity index is 619. The molecule has 0 aliphatic rings. The van der Waals surface area contributed by atoms with E-state index in [0.29, 0.717) is 5.02 Å². The van der Waals surface area contributed by atoms with E-state index < -0.39 is 0 Å². The molecule has 5 heteroatoms. The molecule has 2 aromatic rings. The van der Waals surface area contributed by atoms with Crippen LogP contribution < -0.4 is 11.3 Å². The number of hydrogen-bond donors (Lipinski definition) is 2. The minimum atomic E-state index is -0.0668. The molecule has 0 spiro atoms. The van der Waals surface area contributed by atoms with Gasteiger partial charge >= 0.3 is 0 Å². The van der Waals surface area contributed by atoms with Crippen LogP contribution >= 0.6 is 11.6 Å². The van der Waals surface area contributed by atoms with Crippen LogP contribution in [-0.4, -0.2) is 9.78 Å². The van der Waals surface area contributed by atoms with Gasteiger partial charge in [0.2, 0.25) is 0 Å². The fourth-order valence-electron chi connectivity index (χ4n) is 2.56. The number of aryl methyl sites for hydroxylation is 2. The third-order valence-electron chi connectivity index (χ3n) is 3.74. The lowest BCUT2D eigenvalue weighted by Gasteiger charge is -2.21. The first kappa shape index (κ1) is 16.0. The van der Waals surface area contributed by atoms with Crippen molar-refractivity contribution in [1.82, 2.24) is 15.2 Å². The molecule has 0 saturated carbocycles. The number of nitrogens with one attached hydrogen (secondary N) is 1. The zero-order valence-electron chi connectivity index (χ0n) is 13.0. The van der Waals surface area contributed by atoms with Crippen molar-refractivity contribution in [3.8, 4) is 0 Å². The lowest BCUT2D eigenvalue weighted by Crippen LogP contribution is -2.32. The molecular formula is C16H23ClN4. The van der Waals surface area contributed by atoms with Crippen molar-refractivity contribution in [3.63, 3.8) is 0 Å². The maximum atomic E-state index is 6.32. The molecule has 1 aromatic heterocycles. The van der Waals surface area contributed by atoms with Gasteiger partial charge in [0.25, 0.3) is 0 Å². The summed E-state index contributed by atoms with van der Waals surface area (Å²) in [6.45, 7) is 8.37. The van der Waals surface area contributed by atoms with Gasteiger partial charge in [-0.15, -0.1) is 0 Å². The van der Waals surface area contributed by atoms with E-state index >= 15 is 0 Å². The molecule has 1 unspecified atom stereocenters. The predicted octanol–water partition coefficient (Wildman–Crippen LogP) is 3.48. The summed E-state index contributed by atoms with van der Waals surface area (Å²) >= 11 is 6.32. The smallest absolute Gasteiger partial charge is 0.0834 e. The van der Waals surface area contributed by atoms with Crippen molar-refractivity contribution in [1.29, 1.82) is 0 Å². The molecular weight excluding hydrogens is 284 g/mol. The Hall–Kier alpha value is -1.36. The fraction of sp³-hybridized carbons (Fsp3) is 0.438. The van der Waals surface area contributed by atoms with Crippen LogP contribution in [0.25, 0.3) is 0 Å². The summed E-state index contributed by atoms with van der Waals surface area (Å²) in [6, 6.07) is 6.63. The minimum Gasteiger partial charge on any atom is -0.271 e. The number of benzene rings is 1. The molecule has 3 N–H and O–H groups in total. The number of halogens is 1. The molecule has 4 nitrogen and oxygen atoms in total. The summed E-state index contributed by atoms with van der Waals surface area (Å²) in [5.74, 6) is 5.79. The first-order valence-electron chi connectivity index (χ1n) is 7.19. The van der Waals surface area contributed by atoms with Gasteiger partial charge in [-0.2, -0.15) is 5.10 Å². The van der Waals surface area contributed by atoms with E-state index in [2.05, 4.69) is 56.4 Å². The average Bonchev–Trinajstić information content (AvgIpc) is 2.82. The number of nitrogens with two attached hydrogens (primary N) is 1. The van der Waals surface area contributed by atoms with Crippen LogP contribution in [0, 0.1) is 13.8 Å². The second-order valence-corrected chi connectivity index (χ2v) is 6.18. The molecule has 0 bridgehead atoms. The van der Waals surface area contributed by atoms with E-state index in [-0.39, 0.29) is 12.1 Å². The summed E-state index contributed by atoms with van der Waals surface area (Å²) in [6.07, 6.45) is 2.46. The maximum absolute atomic E-state index is 6.32. The van der Waals surface area contributed by atoms with E-state index in [1.165, 1.54) is 16.7 Å². The molecule has 1 heterocycles. The highest BCUT2D eigenvalue weighted by molar-refractivity contribution is 6.31. The van der Waals surface area contributed by atoms with E-state index in [9.17, 15) is 0 Å². The molecule has 0 amide bonds. The van der Waals surface area contributed by atoms with Crippen LogP contribution in [0.2, 0.25) is 5.02 Å². The van der Waals surface area contributed by atoms with Crippen LogP contribution in [0.4, 0.5) is 0 Å². The fourth-order valence-corrected chi connectivity index (χ4v) is 2.82. The van der Waals surface area contributed by atoms with Crippen molar-refractivity contribution in [3.05, 3.63) is 51.8 Å². The highest BCUT2D eigenvalue weighted by Gasteiger charge is 2.21. The highest BCUT2D eigenvalue weighted by atomic mass is 35.5. The number of hydrazine groups is 1. The summed E-state index contributed by atoms with van der Waals surface area (Å²) in [7, 11) is 0. The van der Waals surface area contributed by atoms with E-state index in [1.807, 2.05) is 4.68 Å². The standard InChI is InChI=1S/C16H23ClN4/c1-10(2)21-16(14(17)9-19-21)15(20-18)8-13-7-11(3)5-6-12(13)4/h5-7,9-10,15,20H,8,18H2,1-4H3. The van der Waals surface area contributed by atoms with Crippen LogP contribution in [0.1, 0.15) is 48.3 Å². The maximum Gasteiger partial charge on any atom is 0.0834 e. The Kier molecular flexibility index (Phi) is 5.04. The Morgan fingerprint density at radius 1 is 1.33 bits per heavy atom. The molecule has 2 rings (SSSR count). The molecule has 0 fully saturated rings. The third-order valence-corrected chi connectivity index (χ3v) is 4.03. The Morgan fingerprint density at radius 3 is 2.67 bits per heavy atom. The van der Waals surface area contributed by atoms with Gasteiger partial charge in [-0.05, 0) is 45.2 Å². The van der Waals surface area contributed by atoms with Gasteiger partial charge in [0.15, 0.2) is 0 Å². The van der Waals surface area contributed by atoms with Crippen molar-refractivity contribution < 1.29 is 0 Å². The van der Waals surface area contributed by atoms with Crippen molar-refractivity contribution >= 4 is 11.6 Å². The van der Waals surface area contributed by atoms with Gasteiger partial charge in [0.05, 0.1) is 23.0 Å². The van der Waals surface area contributed by atoms with Gasteiger partial charge in [-0.3, -0.25) is 16.0 Å². The molecule has 1 aromatic carbocycles. The van der Waals surface area contributed by atoms with Crippen LogP contribution in [0.5, 0.6) is 0 Å². The number of aromatic nitrogens is 2. The van der Waals surface area contributed by atoms with Crippen LogP contribution in [0.15, 0.2) is 24.4 Å². The summed E-state index contributed by atoms with van der Waals surface area (Å²) < 4.78 is 1.93. The molecule has 0 saturated heterocycles. The zero-order valence-corrected chi connectivity index (χ0v) is 13.8. The van der Waals surface area contributed by atoms with Crippen molar-refractivity contribution in [2.75, 3.05) is 0 Å². The van der Waals surface area contributed by atoms with Gasteiger partial charge in [0.1, 0.15) is 0 Å². The molecule has 1 atom stereocenters. The first-order chi connectivity index (χ1) is 9.93. The number of rotatable bonds is 5. The van der Waals surface area contributed by atoms with E-state index in [4.69, 9.17) is 17.4 Å². The number of hydrogen-bond acceptors (Lipinski definition) is 3. The second-order valence-electron chi connectivity index (χ2n) is 5.77. The third kappa shape index (κ3) is 3.46. The van der Waals surface area contributed by atoms with Gasteiger partial charge in [-0.1, -0.05) is 35.4 Å². The quantitative estimate of drug-likeness (QED) is 0.657. The second kappa shape index (κ2) is 6.60. The Labute approximate surface area is 131 Å². The van der Waals surface area contributed by atoms with Gasteiger partial charge in [-0.25, -0.2) is 0 Å². The highest BCUT2D eigenvalue weighted by Crippen LogP contribution is 2.28. The zero-order chi connectivity index (χ0) is 15.6. The number of nitrogens with zero attached hydrogens (tertiary/aromatic N) is 2. The molecule has 0 aliphatic heterocycles. The van der Waals surface area contributed by atoms with Gasteiger partial charge in [0, 0.05) is 6.04 Å². The lowest BCUT2D eigenvalue weighted by molar-refractivity contribution is 0.447. The lowest BCUT2D eigenvalue weighted by atomic mass is 9.97. The summed E-state index contributed by atoms with van der Waals surface area (Å²) in [5, 5.41) is 5.00. The largest absolute Gasteiger partial charge is 0.271 e. The van der Waals surface area contributed by atoms with Crippen LogP contribution in [0.3, 0.4) is 0 Å². The Morgan fingerprint density at radius 2 is 2.05 bits per heavy atom. The van der Waals surface area contributed by atoms with Gasteiger partial charge < -0.3 is 0 Å². The first-order valence-corrected chi connectivity index (χ1v) is 7.57. The summed E-state index contributed by atoms with van der Waals surface area (Å²) in [4.78, 5) is 0. The topological polar surface area (TPSA) is 55.9 Å². The predicted molar refractivity (Wildman–Crippen MR) is 87.3 cm³/mol. The van der Waals surface area contributed by atoms with E-state index in [1.54, 1.807) is 6.20 Å². The average molecular weight is 307 g/mol. The molecule has 114 valence electrons. The Balaban J connectivity index is 2.37. The monoisotopic (exact) mass is 306 g/mol. The van der Waals surface area contributed by atoms with Crippen LogP contribution in [-0.2, 0) is 6.42 Å².